The molecule has 0 saturated carbocycles. The summed E-state index contributed by atoms with van der Waals surface area (Å²) in [7, 11) is 0. The van der Waals surface area contributed by atoms with Gasteiger partial charge in [-0.15, -0.1) is 0 Å². The van der Waals surface area contributed by atoms with Crippen LogP contribution in [0.25, 0.3) is 11.2 Å². The summed E-state index contributed by atoms with van der Waals surface area (Å²) in [6.07, 6.45) is 4.17. The van der Waals surface area contributed by atoms with Gasteiger partial charge < -0.3 is 17.0 Å². The van der Waals surface area contributed by atoms with Crippen molar-refractivity contribution in [1.82, 2.24) is 19.9 Å². The molecule has 0 unspecified atom stereocenters. The molecule has 0 aliphatic heterocycles. The SMILES string of the molecule is CC.O=C=O.[2H]c1cnc2cnc(CC)nc2n1.[Br-].[Mg+2].[c-]1ccccc1. The summed E-state index contributed by atoms with van der Waals surface area (Å²) in [5.41, 5.74) is 1.13. The Hall–Kier alpha value is -1.73. The fraction of sp³-hybridized carbons (Fsp3) is 0.235. The molecule has 0 aliphatic rings. The van der Waals surface area contributed by atoms with Gasteiger partial charge in [0.2, 0.25) is 0 Å². The minimum atomic E-state index is 0. The molecule has 3 aromatic rings. The smallest absolute Gasteiger partial charge is 1.00 e. The second kappa shape index (κ2) is 20.3. The Labute approximate surface area is 175 Å². The third-order valence-corrected chi connectivity index (χ3v) is 2.16. The fourth-order valence-corrected chi connectivity index (χ4v) is 1.28. The van der Waals surface area contributed by atoms with Crippen LogP contribution in [-0.2, 0) is 16.0 Å². The molecule has 0 atom stereocenters. The minimum Gasteiger partial charge on any atom is -1.00 e. The van der Waals surface area contributed by atoms with Crippen LogP contribution in [-0.4, -0.2) is 49.1 Å². The Morgan fingerprint density at radius 2 is 1.72 bits per heavy atom. The van der Waals surface area contributed by atoms with Crippen LogP contribution < -0.4 is 17.0 Å². The first-order chi connectivity index (χ1) is 11.7. The van der Waals surface area contributed by atoms with Crippen molar-refractivity contribution in [3.8, 4) is 0 Å². The van der Waals surface area contributed by atoms with Crippen LogP contribution in [0.2, 0.25) is 0 Å². The third-order valence-electron chi connectivity index (χ3n) is 2.16. The maximum Gasteiger partial charge on any atom is 2.00 e. The van der Waals surface area contributed by atoms with E-state index < -0.39 is 0 Å². The van der Waals surface area contributed by atoms with Crippen molar-refractivity contribution in [2.24, 2.45) is 0 Å². The predicted octanol–water partition coefficient (Wildman–Crippen LogP) is -0.465. The third kappa shape index (κ3) is 13.3. The number of rotatable bonds is 1. The number of hydrogen-bond donors (Lipinski definition) is 0. The van der Waals surface area contributed by atoms with Crippen LogP contribution in [0.15, 0.2) is 48.9 Å². The number of benzene rings is 1. The van der Waals surface area contributed by atoms with Gasteiger partial charge in [-0.2, -0.15) is 46.0 Å². The van der Waals surface area contributed by atoms with E-state index in [1.165, 1.54) is 6.20 Å². The maximum absolute atomic E-state index is 8.12. The molecule has 0 N–H and O–H groups in total. The Morgan fingerprint density at radius 1 is 1.12 bits per heavy atom. The largest absolute Gasteiger partial charge is 2.00 e. The second-order valence-electron chi connectivity index (χ2n) is 3.51. The van der Waals surface area contributed by atoms with E-state index in [0.29, 0.717) is 11.2 Å². The van der Waals surface area contributed by atoms with Crippen molar-refractivity contribution in [3.05, 3.63) is 60.8 Å². The molecule has 0 bridgehead atoms. The predicted molar refractivity (Wildman–Crippen MR) is 91.9 cm³/mol. The molecular formula is C17H19BrMgN4O2. The molecule has 0 amide bonds. The number of aromatic nitrogens is 4. The van der Waals surface area contributed by atoms with E-state index in [4.69, 9.17) is 11.0 Å². The van der Waals surface area contributed by atoms with Gasteiger partial charge in [0, 0.05) is 18.8 Å². The molecular weight excluding hydrogens is 396 g/mol. The van der Waals surface area contributed by atoms with E-state index >= 15 is 0 Å². The first-order valence-corrected chi connectivity index (χ1v) is 7.06. The van der Waals surface area contributed by atoms with Crippen LogP contribution in [0.1, 0.15) is 28.0 Å². The van der Waals surface area contributed by atoms with Gasteiger partial charge >= 0.3 is 29.2 Å². The number of hydrogen-bond acceptors (Lipinski definition) is 6. The first kappa shape index (κ1) is 25.5. The van der Waals surface area contributed by atoms with Gasteiger partial charge in [0.15, 0.2) is 5.65 Å². The summed E-state index contributed by atoms with van der Waals surface area (Å²) in [4.78, 5) is 32.4. The summed E-state index contributed by atoms with van der Waals surface area (Å²) in [6, 6.07) is 12.5. The quantitative estimate of drug-likeness (QED) is 0.394. The Balaban J connectivity index is -0.000000346. The number of halogens is 1. The molecule has 0 radical (unpaired) electrons. The molecule has 0 fully saturated rings. The van der Waals surface area contributed by atoms with E-state index in [9.17, 15) is 0 Å². The summed E-state index contributed by atoms with van der Waals surface area (Å²) >= 11 is 0. The van der Waals surface area contributed by atoms with Crippen LogP contribution in [0, 0.1) is 6.07 Å². The zero-order chi connectivity index (χ0) is 18.2. The number of nitrogens with zero attached hydrogens (tertiary/aromatic N) is 4. The van der Waals surface area contributed by atoms with Gasteiger partial charge in [0.1, 0.15) is 11.3 Å². The average Bonchev–Trinajstić information content (AvgIpc) is 2.65. The Kier molecular flexibility index (Phi) is 20.7. The minimum absolute atomic E-state index is 0. The summed E-state index contributed by atoms with van der Waals surface area (Å²) in [5.74, 6) is 0.729. The van der Waals surface area contributed by atoms with Crippen molar-refractivity contribution in [2.45, 2.75) is 27.2 Å². The van der Waals surface area contributed by atoms with Gasteiger partial charge in [-0.05, 0) is 0 Å². The molecule has 128 valence electrons. The summed E-state index contributed by atoms with van der Waals surface area (Å²) < 4.78 is 7.27. The van der Waals surface area contributed by atoms with Crippen molar-refractivity contribution in [3.63, 3.8) is 0 Å². The van der Waals surface area contributed by atoms with Gasteiger partial charge in [-0.1, -0.05) is 20.8 Å². The Bertz CT molecular complexity index is 718. The second-order valence-corrected chi connectivity index (χ2v) is 3.51. The first-order valence-electron chi connectivity index (χ1n) is 7.56. The molecule has 2 heterocycles. The zero-order valence-electron chi connectivity index (χ0n) is 15.4. The van der Waals surface area contributed by atoms with Crippen molar-refractivity contribution in [2.75, 3.05) is 0 Å². The van der Waals surface area contributed by atoms with Gasteiger partial charge in [0.05, 0.1) is 7.57 Å². The Morgan fingerprint density at radius 3 is 2.16 bits per heavy atom. The zero-order valence-corrected chi connectivity index (χ0v) is 17.4. The molecule has 8 heteroatoms. The van der Waals surface area contributed by atoms with Crippen LogP contribution in [0.3, 0.4) is 0 Å². The van der Waals surface area contributed by atoms with Gasteiger partial charge in [-0.3, -0.25) is 0 Å². The molecule has 0 saturated heterocycles. The molecule has 3 rings (SSSR count). The van der Waals surface area contributed by atoms with Crippen molar-refractivity contribution in [1.29, 1.82) is 0 Å². The number of carbonyl (C=O) groups excluding carboxylic acids is 2. The molecule has 0 aliphatic carbocycles. The van der Waals surface area contributed by atoms with E-state index in [2.05, 4.69) is 26.0 Å². The normalized spacial score (nSPS) is 8.04. The molecule has 6 nitrogen and oxygen atoms in total. The van der Waals surface area contributed by atoms with Gasteiger partial charge in [0.25, 0.3) is 0 Å². The topological polar surface area (TPSA) is 85.7 Å². The monoisotopic (exact) mass is 415 g/mol. The molecule has 2 aromatic heterocycles. The van der Waals surface area contributed by atoms with Crippen LogP contribution >= 0.6 is 0 Å². The van der Waals surface area contributed by atoms with E-state index in [0.717, 1.165) is 12.2 Å². The standard InChI is InChI=1S/C8H8N4.C6H5.C2H6.CO2.BrH.Mg/c1-2-7-11-5-6-8(12-7)10-4-3-9-6;1-2-4-6-5-3-1;1-2;2-1-3;;/h3-5H,2H2,1H3;1-5H;1-2H3;;1H;/q;-1;;;;+2/p-1/i4D;;;;;. The van der Waals surface area contributed by atoms with Crippen LogP contribution in [0.4, 0.5) is 0 Å². The fourth-order valence-electron chi connectivity index (χ4n) is 1.28. The van der Waals surface area contributed by atoms with E-state index in [1.807, 2.05) is 51.1 Å². The van der Waals surface area contributed by atoms with E-state index in [1.54, 1.807) is 6.20 Å². The maximum atomic E-state index is 8.12. The number of fused-ring (bicyclic) bond motifs is 1. The van der Waals surface area contributed by atoms with Gasteiger partial charge in [-0.25, -0.2) is 19.9 Å². The summed E-state index contributed by atoms with van der Waals surface area (Å²) in [5, 5.41) is 0. The molecule has 0 spiro atoms. The van der Waals surface area contributed by atoms with Crippen LogP contribution in [0.5, 0.6) is 0 Å². The summed E-state index contributed by atoms with van der Waals surface area (Å²) in [6.45, 7) is 5.97. The number of aryl methyl sites for hydroxylation is 1. The van der Waals surface area contributed by atoms with Crippen molar-refractivity contribution >= 4 is 40.4 Å². The van der Waals surface area contributed by atoms with E-state index in [-0.39, 0.29) is 52.4 Å². The van der Waals surface area contributed by atoms with Crippen molar-refractivity contribution < 1.29 is 27.9 Å². The average molecular weight is 417 g/mol. The molecule has 1 aromatic carbocycles. The molecule has 25 heavy (non-hydrogen) atoms.